The molecule has 0 aliphatic rings. The molecule has 20 heavy (non-hydrogen) atoms. The lowest BCUT2D eigenvalue weighted by molar-refractivity contribution is -0.138. The average molecular weight is 277 g/mol. The van der Waals surface area contributed by atoms with E-state index in [0.29, 0.717) is 6.42 Å². The van der Waals surface area contributed by atoms with Crippen molar-refractivity contribution in [2.24, 2.45) is 11.1 Å². The summed E-state index contributed by atoms with van der Waals surface area (Å²) in [6, 6.07) is 7.33. The Balaban J connectivity index is 2.83. The molecule has 0 spiro atoms. The van der Waals surface area contributed by atoms with Gasteiger partial charge in [0, 0.05) is 0 Å². The summed E-state index contributed by atoms with van der Waals surface area (Å²) in [7, 11) is 0. The van der Waals surface area contributed by atoms with Crippen LogP contribution in [0.3, 0.4) is 0 Å². The van der Waals surface area contributed by atoms with E-state index in [0.717, 1.165) is 12.0 Å². The van der Waals surface area contributed by atoms with E-state index >= 15 is 0 Å². The average Bonchev–Trinajstić information content (AvgIpc) is 2.26. The van der Waals surface area contributed by atoms with Crippen LogP contribution < -0.4 is 5.73 Å². The van der Waals surface area contributed by atoms with Crippen LogP contribution in [0.4, 0.5) is 0 Å². The van der Waals surface area contributed by atoms with Gasteiger partial charge in [0.1, 0.15) is 6.04 Å². The lowest BCUT2D eigenvalue weighted by Crippen LogP contribution is -2.32. The second-order valence-electron chi connectivity index (χ2n) is 7.47. The fourth-order valence-electron chi connectivity index (χ4n) is 2.86. The van der Waals surface area contributed by atoms with E-state index in [1.165, 1.54) is 5.56 Å². The summed E-state index contributed by atoms with van der Waals surface area (Å²) in [5, 5.41) is 8.83. The van der Waals surface area contributed by atoms with Crippen molar-refractivity contribution >= 4 is 5.97 Å². The lowest BCUT2D eigenvalue weighted by Gasteiger charge is -2.33. The number of benzene rings is 1. The molecule has 0 aliphatic heterocycles. The lowest BCUT2D eigenvalue weighted by atomic mass is 9.72. The van der Waals surface area contributed by atoms with Gasteiger partial charge in [-0.15, -0.1) is 0 Å². The first kappa shape index (κ1) is 16.7. The molecule has 1 aromatic carbocycles. The van der Waals surface area contributed by atoms with E-state index in [9.17, 15) is 4.79 Å². The van der Waals surface area contributed by atoms with E-state index in [-0.39, 0.29) is 10.8 Å². The number of nitrogens with two attached hydrogens (primary N) is 1. The Labute approximate surface area is 122 Å². The van der Waals surface area contributed by atoms with Gasteiger partial charge in [0.25, 0.3) is 0 Å². The van der Waals surface area contributed by atoms with Gasteiger partial charge in [-0.1, -0.05) is 58.9 Å². The van der Waals surface area contributed by atoms with Crippen LogP contribution >= 0.6 is 0 Å². The van der Waals surface area contributed by atoms with Crippen molar-refractivity contribution in [1.82, 2.24) is 0 Å². The third-order valence-corrected chi connectivity index (χ3v) is 3.48. The summed E-state index contributed by atoms with van der Waals surface area (Å²) in [6.45, 7) is 11.2. The second-order valence-corrected chi connectivity index (χ2v) is 7.47. The van der Waals surface area contributed by atoms with Crippen LogP contribution in [0.5, 0.6) is 0 Å². The Morgan fingerprint density at radius 2 is 1.65 bits per heavy atom. The smallest absolute Gasteiger partial charge is 0.320 e. The highest BCUT2D eigenvalue weighted by Crippen LogP contribution is 2.36. The molecule has 1 aromatic rings. The van der Waals surface area contributed by atoms with Crippen molar-refractivity contribution in [2.45, 2.75) is 58.9 Å². The van der Waals surface area contributed by atoms with Crippen LogP contribution in [0.1, 0.15) is 52.2 Å². The molecule has 0 saturated carbocycles. The van der Waals surface area contributed by atoms with E-state index in [1.54, 1.807) is 0 Å². The minimum Gasteiger partial charge on any atom is -0.480 e. The van der Waals surface area contributed by atoms with Gasteiger partial charge >= 0.3 is 5.97 Å². The van der Waals surface area contributed by atoms with Gasteiger partial charge in [0.15, 0.2) is 0 Å². The van der Waals surface area contributed by atoms with Gasteiger partial charge < -0.3 is 10.8 Å². The Hall–Kier alpha value is -1.35. The predicted octanol–water partition coefficient (Wildman–Crippen LogP) is 3.35. The third kappa shape index (κ3) is 4.97. The van der Waals surface area contributed by atoms with Gasteiger partial charge in [0.05, 0.1) is 0 Å². The topological polar surface area (TPSA) is 63.3 Å². The summed E-state index contributed by atoms with van der Waals surface area (Å²) < 4.78 is 0. The minimum absolute atomic E-state index is 0.103. The molecule has 0 heterocycles. The fourth-order valence-corrected chi connectivity index (χ4v) is 2.86. The first-order valence-corrected chi connectivity index (χ1v) is 7.09. The summed E-state index contributed by atoms with van der Waals surface area (Å²) in [5.74, 6) is -0.956. The van der Waals surface area contributed by atoms with Crippen LogP contribution in [0.25, 0.3) is 0 Å². The Morgan fingerprint density at radius 1 is 1.15 bits per heavy atom. The maximum atomic E-state index is 10.8. The van der Waals surface area contributed by atoms with Crippen molar-refractivity contribution in [2.75, 3.05) is 0 Å². The van der Waals surface area contributed by atoms with Gasteiger partial charge in [-0.2, -0.15) is 0 Å². The van der Waals surface area contributed by atoms with Crippen molar-refractivity contribution < 1.29 is 9.90 Å². The molecule has 1 rings (SSSR count). The van der Waals surface area contributed by atoms with Crippen LogP contribution in [-0.2, 0) is 16.6 Å². The maximum Gasteiger partial charge on any atom is 0.320 e. The highest BCUT2D eigenvalue weighted by Gasteiger charge is 2.27. The molecule has 3 nitrogen and oxygen atoms in total. The first-order valence-electron chi connectivity index (χ1n) is 7.09. The molecular weight excluding hydrogens is 250 g/mol. The molecular formula is C17H27NO2. The molecule has 3 heteroatoms. The molecule has 0 saturated heterocycles. The molecule has 0 aromatic heterocycles. The minimum atomic E-state index is -0.956. The van der Waals surface area contributed by atoms with Gasteiger partial charge in [-0.3, -0.25) is 4.79 Å². The molecule has 0 radical (unpaired) electrons. The normalized spacial score (nSPS) is 14.1. The number of carboxylic acid groups (broad SMARTS) is 1. The van der Waals surface area contributed by atoms with E-state index < -0.39 is 12.0 Å². The van der Waals surface area contributed by atoms with Gasteiger partial charge in [-0.05, 0) is 34.8 Å². The van der Waals surface area contributed by atoms with E-state index in [1.807, 2.05) is 12.1 Å². The summed E-state index contributed by atoms with van der Waals surface area (Å²) in [4.78, 5) is 10.8. The largest absolute Gasteiger partial charge is 0.480 e. The zero-order valence-electron chi connectivity index (χ0n) is 13.2. The summed E-state index contributed by atoms with van der Waals surface area (Å²) >= 11 is 0. The zero-order valence-corrected chi connectivity index (χ0v) is 13.2. The van der Waals surface area contributed by atoms with Gasteiger partial charge in [-0.25, -0.2) is 0 Å². The number of aliphatic carboxylic acids is 1. The molecule has 0 fully saturated rings. The summed E-state index contributed by atoms with van der Waals surface area (Å²) in [5.41, 5.74) is 8.18. The Bertz CT molecular complexity index is 455. The van der Waals surface area contributed by atoms with Crippen LogP contribution in [0, 0.1) is 5.41 Å². The number of hydrogen-bond acceptors (Lipinski definition) is 2. The third-order valence-electron chi connectivity index (χ3n) is 3.48. The molecule has 0 amide bonds. The number of carbonyl (C=O) groups is 1. The van der Waals surface area contributed by atoms with E-state index in [2.05, 4.69) is 46.8 Å². The molecule has 0 aliphatic carbocycles. The van der Waals surface area contributed by atoms with Crippen LogP contribution in [0.2, 0.25) is 0 Å². The number of hydrogen-bond donors (Lipinski definition) is 2. The van der Waals surface area contributed by atoms with Crippen LogP contribution in [0.15, 0.2) is 24.3 Å². The molecule has 3 N–H and O–H groups in total. The highest BCUT2D eigenvalue weighted by molar-refractivity contribution is 5.73. The monoisotopic (exact) mass is 277 g/mol. The molecule has 0 bridgehead atoms. The quantitative estimate of drug-likeness (QED) is 0.867. The van der Waals surface area contributed by atoms with Crippen LogP contribution in [-0.4, -0.2) is 17.1 Å². The second kappa shape index (κ2) is 5.96. The standard InChI is InChI=1S/C17H27NO2/c1-16(2,3)11-17(4,5)13-8-6-12(7-9-13)10-14(18)15(19)20/h6-9,14H,10-11,18H2,1-5H3,(H,19,20). The first-order chi connectivity index (χ1) is 9.01. The zero-order chi connectivity index (χ0) is 15.6. The SMILES string of the molecule is CC(C)(C)CC(C)(C)c1ccc(CC(N)C(=O)O)cc1. The highest BCUT2D eigenvalue weighted by atomic mass is 16.4. The predicted molar refractivity (Wildman–Crippen MR) is 82.9 cm³/mol. The van der Waals surface area contributed by atoms with Crippen molar-refractivity contribution in [3.8, 4) is 0 Å². The molecule has 1 atom stereocenters. The van der Waals surface area contributed by atoms with E-state index in [4.69, 9.17) is 10.8 Å². The number of rotatable bonds is 5. The van der Waals surface area contributed by atoms with Gasteiger partial charge in [0.2, 0.25) is 0 Å². The van der Waals surface area contributed by atoms with Crippen molar-refractivity contribution in [3.63, 3.8) is 0 Å². The van der Waals surface area contributed by atoms with Crippen molar-refractivity contribution in [3.05, 3.63) is 35.4 Å². The molecule has 1 unspecified atom stereocenters. The van der Waals surface area contributed by atoms with Crippen molar-refractivity contribution in [1.29, 1.82) is 0 Å². The fraction of sp³-hybridized carbons (Fsp3) is 0.588. The Kier molecular flexibility index (Phi) is 4.98. The maximum absolute atomic E-state index is 10.8. The Morgan fingerprint density at radius 3 is 2.05 bits per heavy atom. The summed E-state index contributed by atoms with van der Waals surface area (Å²) in [6.07, 6.45) is 1.46. The molecule has 112 valence electrons. The number of carboxylic acids is 1.